The number of hydrogen-bond acceptors (Lipinski definition) is 8. The van der Waals surface area contributed by atoms with Crippen molar-refractivity contribution in [2.45, 2.75) is 82.1 Å². The monoisotopic (exact) mass is 713 g/mol. The van der Waals surface area contributed by atoms with Crippen LogP contribution in [-0.4, -0.2) is 75.8 Å². The van der Waals surface area contributed by atoms with Crippen molar-refractivity contribution in [1.29, 1.82) is 0 Å². The lowest BCUT2D eigenvalue weighted by Crippen LogP contribution is -2.60. The molecule has 5 amide bonds. The van der Waals surface area contributed by atoms with E-state index in [0.717, 1.165) is 10.8 Å². The van der Waals surface area contributed by atoms with Gasteiger partial charge in [-0.25, -0.2) is 4.98 Å². The van der Waals surface area contributed by atoms with Gasteiger partial charge >= 0.3 is 0 Å². The number of nitrogens with one attached hydrogen (secondary N) is 5. The molecule has 11 N–H and O–H groups in total. The minimum absolute atomic E-state index is 0.00433. The summed E-state index contributed by atoms with van der Waals surface area (Å²) in [6.07, 6.45) is 3.77. The summed E-state index contributed by atoms with van der Waals surface area (Å²) in [5, 5.41) is 8.05. The highest BCUT2D eigenvalue weighted by Gasteiger charge is 2.33. The van der Waals surface area contributed by atoms with Gasteiger partial charge in [0.1, 0.15) is 24.2 Å². The number of fused-ring (bicyclic) bond motifs is 1. The number of nitrogens with zero attached hydrogens (tertiary/aromatic N) is 1. The molecule has 4 rings (SSSR count). The summed E-state index contributed by atoms with van der Waals surface area (Å²) < 4.78 is 17.8. The highest BCUT2D eigenvalue weighted by atomic mass is 16.2. The fourth-order valence-electron chi connectivity index (χ4n) is 5.50. The van der Waals surface area contributed by atoms with E-state index in [1.807, 2.05) is 36.4 Å². The zero-order chi connectivity index (χ0) is 39.4. The molecule has 0 spiro atoms. The van der Waals surface area contributed by atoms with E-state index >= 15 is 0 Å². The molecule has 276 valence electrons. The lowest BCUT2D eigenvalue weighted by atomic mass is 9.99. The Kier molecular flexibility index (Phi) is 12.9. The molecule has 52 heavy (non-hydrogen) atoms. The molecule has 0 saturated carbocycles. The van der Waals surface area contributed by atoms with Crippen molar-refractivity contribution in [3.63, 3.8) is 0 Å². The Morgan fingerprint density at radius 2 is 1.40 bits per heavy atom. The van der Waals surface area contributed by atoms with Crippen molar-refractivity contribution in [2.75, 3.05) is 6.54 Å². The SMILES string of the molecule is [2H]N(C(=O)[C@H](Cc1cnc[nH]1)N([2H])C(=O)C(C)(C)N)[C@@H](Cc1ccc2ccccc2c1)C(=O)N[C@@H](Cc1ccccc1)C(=O)N[C@@H](CCCCN)C(N)=O. The van der Waals surface area contributed by atoms with Crippen LogP contribution in [0.1, 0.15) is 49.9 Å². The summed E-state index contributed by atoms with van der Waals surface area (Å²) in [5.41, 5.74) is 17.4. The Bertz CT molecular complexity index is 1890. The third-order valence-corrected chi connectivity index (χ3v) is 8.43. The third-order valence-electron chi connectivity index (χ3n) is 8.43. The average molecular weight is 714 g/mol. The first-order valence-corrected chi connectivity index (χ1v) is 17.2. The first-order chi connectivity index (χ1) is 25.7. The Balaban J connectivity index is 1.72. The lowest BCUT2D eigenvalue weighted by Gasteiger charge is -2.27. The van der Waals surface area contributed by atoms with E-state index in [1.54, 1.807) is 36.4 Å². The molecule has 0 bridgehead atoms. The fourth-order valence-corrected chi connectivity index (χ4v) is 5.50. The van der Waals surface area contributed by atoms with Crippen molar-refractivity contribution < 1.29 is 26.8 Å². The van der Waals surface area contributed by atoms with Crippen LogP contribution in [0.4, 0.5) is 0 Å². The van der Waals surface area contributed by atoms with E-state index in [0.29, 0.717) is 46.8 Å². The summed E-state index contributed by atoms with van der Waals surface area (Å²) in [4.78, 5) is 74.8. The van der Waals surface area contributed by atoms with Gasteiger partial charge in [-0.15, -0.1) is 0 Å². The summed E-state index contributed by atoms with van der Waals surface area (Å²) in [7, 11) is 0. The van der Waals surface area contributed by atoms with Gasteiger partial charge in [0, 0.05) is 31.2 Å². The summed E-state index contributed by atoms with van der Waals surface area (Å²) in [6, 6.07) is 16.5. The van der Waals surface area contributed by atoms with Gasteiger partial charge in [0.05, 0.1) is 11.9 Å². The second-order valence-corrected chi connectivity index (χ2v) is 13.3. The van der Waals surface area contributed by atoms with Gasteiger partial charge in [-0.2, -0.15) is 0 Å². The number of nitrogens with two attached hydrogens (primary N) is 3. The fraction of sp³-hybridized carbons (Fsp3) is 0.368. The number of amides is 5. The highest BCUT2D eigenvalue weighted by molar-refractivity contribution is 5.96. The minimum atomic E-state index is -1.58. The average Bonchev–Trinajstić information content (AvgIpc) is 3.67. The van der Waals surface area contributed by atoms with Crippen molar-refractivity contribution in [3.05, 3.63) is 102 Å². The predicted octanol–water partition coefficient (Wildman–Crippen LogP) is 0.882. The Labute approximate surface area is 306 Å². The third kappa shape index (κ3) is 11.7. The summed E-state index contributed by atoms with van der Waals surface area (Å²) >= 11 is 0. The van der Waals surface area contributed by atoms with Crippen LogP contribution in [0.5, 0.6) is 0 Å². The van der Waals surface area contributed by atoms with Gasteiger partial charge < -0.3 is 43.4 Å². The number of unbranched alkanes of at least 4 members (excludes halogenated alkanes) is 1. The largest absolute Gasteiger partial charge is 0.368 e. The molecule has 4 atom stereocenters. The lowest BCUT2D eigenvalue weighted by molar-refractivity contribution is -0.134. The van der Waals surface area contributed by atoms with E-state index in [-0.39, 0.29) is 25.7 Å². The number of rotatable bonds is 19. The zero-order valence-corrected chi connectivity index (χ0v) is 29.5. The molecule has 0 aliphatic carbocycles. The second kappa shape index (κ2) is 18.6. The maximum atomic E-state index is 14.4. The number of aromatic nitrogens is 2. The maximum Gasteiger partial charge on any atom is 0.243 e. The van der Waals surface area contributed by atoms with E-state index in [2.05, 4.69) is 20.6 Å². The normalized spacial score (nSPS) is 14.2. The molecule has 0 aliphatic rings. The molecule has 0 unspecified atom stereocenters. The second-order valence-electron chi connectivity index (χ2n) is 13.3. The van der Waals surface area contributed by atoms with Crippen molar-refractivity contribution in [2.24, 2.45) is 17.2 Å². The minimum Gasteiger partial charge on any atom is -0.368 e. The first kappa shape index (κ1) is 36.2. The Hall–Kier alpha value is -5.60. The molecule has 14 heteroatoms. The van der Waals surface area contributed by atoms with Crippen LogP contribution in [-0.2, 0) is 43.2 Å². The Morgan fingerprint density at radius 3 is 2.06 bits per heavy atom. The van der Waals surface area contributed by atoms with Crippen LogP contribution >= 0.6 is 0 Å². The first-order valence-electron chi connectivity index (χ1n) is 18.1. The number of aromatic amines is 1. The molecule has 0 fully saturated rings. The van der Waals surface area contributed by atoms with E-state index in [9.17, 15) is 24.0 Å². The number of H-pyrrole nitrogens is 1. The molecular weight excluding hydrogens is 662 g/mol. The summed E-state index contributed by atoms with van der Waals surface area (Å²) in [5.74, 6) is -4.24. The van der Waals surface area contributed by atoms with Crippen LogP contribution in [0.2, 0.25) is 2.82 Å². The summed E-state index contributed by atoms with van der Waals surface area (Å²) in [6.45, 7) is 3.18. The number of hydrogen-bond donors (Lipinski definition) is 8. The van der Waals surface area contributed by atoms with Crippen LogP contribution < -0.4 is 38.5 Å². The number of carbonyl (C=O) groups excluding carboxylic acids is 5. The molecule has 14 nitrogen and oxygen atoms in total. The number of carbonyl (C=O) groups is 5. The molecule has 0 radical (unpaired) electrons. The molecular formula is C38H49N9O5. The van der Waals surface area contributed by atoms with E-state index in [4.69, 9.17) is 20.0 Å². The predicted molar refractivity (Wildman–Crippen MR) is 198 cm³/mol. The van der Waals surface area contributed by atoms with Crippen molar-refractivity contribution >= 4 is 40.3 Å². The molecule has 3 aromatic carbocycles. The molecule has 1 aromatic heterocycles. The standard InChI is InChI=1S/C38H49N9O5/c1-38(2,41)37(52)47-32(21-28-22-42-23-43-28)36(51)46-31(20-25-15-16-26-12-6-7-13-27(26)18-25)35(50)45-30(19-24-10-4-3-5-11-24)34(49)44-29(33(40)48)14-8-9-17-39/h3-7,10-13,15-16,18,22-23,29-32H,8-9,14,17,19-21,39,41H2,1-2H3,(H2,40,48)(H,42,43)(H,44,49)(H,45,50)(H,46,51)(H,47,52)/t29-,30-,31-,32-/m0/s1/i/hD2. The molecule has 0 aliphatic heterocycles. The van der Waals surface area contributed by atoms with Crippen LogP contribution in [0.25, 0.3) is 10.8 Å². The number of imidazole rings is 1. The highest BCUT2D eigenvalue weighted by Crippen LogP contribution is 2.17. The van der Waals surface area contributed by atoms with Crippen LogP contribution in [0, 0.1) is 0 Å². The van der Waals surface area contributed by atoms with Gasteiger partial charge in [-0.05, 0) is 61.6 Å². The van der Waals surface area contributed by atoms with Gasteiger partial charge in [0.2, 0.25) is 29.5 Å². The van der Waals surface area contributed by atoms with E-state index in [1.165, 1.54) is 26.4 Å². The maximum absolute atomic E-state index is 14.4. The molecule has 0 saturated heterocycles. The van der Waals surface area contributed by atoms with Crippen LogP contribution in [0.15, 0.2) is 85.3 Å². The number of primary amides is 1. The smallest absolute Gasteiger partial charge is 0.243 e. The number of benzene rings is 3. The Morgan fingerprint density at radius 1 is 0.769 bits per heavy atom. The zero-order valence-electron chi connectivity index (χ0n) is 31.5. The topological polar surface area (TPSA) is 240 Å². The van der Waals surface area contributed by atoms with Gasteiger partial charge in [-0.3, -0.25) is 24.0 Å². The van der Waals surface area contributed by atoms with Crippen molar-refractivity contribution in [3.8, 4) is 0 Å². The van der Waals surface area contributed by atoms with Gasteiger partial charge in [0.15, 0.2) is 2.82 Å². The van der Waals surface area contributed by atoms with Crippen molar-refractivity contribution in [1.82, 2.24) is 31.2 Å². The van der Waals surface area contributed by atoms with E-state index < -0.39 is 59.2 Å². The van der Waals surface area contributed by atoms with Gasteiger partial charge in [-0.1, -0.05) is 72.8 Å². The van der Waals surface area contributed by atoms with Crippen LogP contribution in [0.3, 0.4) is 0 Å². The van der Waals surface area contributed by atoms with Gasteiger partial charge in [0.25, 0.3) is 0 Å². The quantitative estimate of drug-likeness (QED) is 0.0648. The molecule has 4 aromatic rings. The molecule has 1 heterocycles.